The fraction of sp³-hybridized carbons (Fsp3) is 0.462. The maximum atomic E-state index is 11.9. The van der Waals surface area contributed by atoms with Crippen LogP contribution in [-0.2, 0) is 11.3 Å². The maximum Gasteiger partial charge on any atom is 0.241 e. The summed E-state index contributed by atoms with van der Waals surface area (Å²) in [5, 5.41) is 20.0. The van der Waals surface area contributed by atoms with Gasteiger partial charge in [-0.3, -0.25) is 4.79 Å². The molecule has 1 amide bonds. The second-order valence-electron chi connectivity index (χ2n) is 5.17. The third-order valence-electron chi connectivity index (χ3n) is 3.67. The number of aromatic nitrogens is 3. The second kappa shape index (κ2) is 4.62. The number of rotatable bonds is 5. The molecule has 19 heavy (non-hydrogen) atoms. The number of benzene rings is 1. The zero-order valence-corrected chi connectivity index (χ0v) is 10.5. The van der Waals surface area contributed by atoms with Gasteiger partial charge in [0.15, 0.2) is 0 Å². The summed E-state index contributed by atoms with van der Waals surface area (Å²) in [6, 6.07) is 7.53. The van der Waals surface area contributed by atoms with Crippen LogP contribution in [0.2, 0.25) is 0 Å². The predicted octanol–water partition coefficient (Wildman–Crippen LogP) is 0.320. The van der Waals surface area contributed by atoms with Gasteiger partial charge in [-0.15, -0.1) is 5.10 Å². The van der Waals surface area contributed by atoms with E-state index in [9.17, 15) is 9.90 Å². The fourth-order valence-corrected chi connectivity index (χ4v) is 2.08. The van der Waals surface area contributed by atoms with Crippen LogP contribution in [0, 0.1) is 5.41 Å². The van der Waals surface area contributed by atoms with Crippen LogP contribution >= 0.6 is 0 Å². The van der Waals surface area contributed by atoms with E-state index in [2.05, 4.69) is 15.6 Å². The average molecular weight is 260 g/mol. The molecular weight excluding hydrogens is 244 g/mol. The van der Waals surface area contributed by atoms with E-state index in [0.29, 0.717) is 6.54 Å². The molecule has 6 nitrogen and oxygen atoms in total. The molecule has 6 heteroatoms. The summed E-state index contributed by atoms with van der Waals surface area (Å²) in [6.45, 7) is 0.830. The van der Waals surface area contributed by atoms with Gasteiger partial charge in [0, 0.05) is 12.0 Å². The number of carbonyl (C=O) groups excluding carboxylic acids is 1. The third kappa shape index (κ3) is 2.44. The number of fused-ring (bicyclic) bond motifs is 1. The zero-order valence-electron chi connectivity index (χ0n) is 10.5. The van der Waals surface area contributed by atoms with Crippen molar-refractivity contribution in [3.63, 3.8) is 0 Å². The van der Waals surface area contributed by atoms with Crippen molar-refractivity contribution in [1.82, 2.24) is 20.3 Å². The summed E-state index contributed by atoms with van der Waals surface area (Å²) in [5.41, 5.74) is 1.56. The number of aliphatic hydroxyl groups excluding tert-OH is 1. The zero-order chi connectivity index (χ0) is 13.3. The van der Waals surface area contributed by atoms with E-state index in [0.717, 1.165) is 23.9 Å². The van der Waals surface area contributed by atoms with Crippen molar-refractivity contribution in [1.29, 1.82) is 0 Å². The minimum Gasteiger partial charge on any atom is -0.396 e. The van der Waals surface area contributed by atoms with E-state index in [1.54, 1.807) is 4.68 Å². The minimum atomic E-state index is -0.102. The van der Waals surface area contributed by atoms with Gasteiger partial charge in [-0.05, 0) is 25.0 Å². The van der Waals surface area contributed by atoms with Crippen LogP contribution in [-0.4, -0.2) is 39.2 Å². The van der Waals surface area contributed by atoms with Gasteiger partial charge in [0.2, 0.25) is 5.91 Å². The fourth-order valence-electron chi connectivity index (χ4n) is 2.08. The summed E-state index contributed by atoms with van der Waals surface area (Å²) < 4.78 is 1.59. The van der Waals surface area contributed by atoms with Gasteiger partial charge in [0.1, 0.15) is 12.1 Å². The first-order valence-electron chi connectivity index (χ1n) is 6.38. The first kappa shape index (κ1) is 12.1. The number of aliphatic hydroxyl groups is 1. The van der Waals surface area contributed by atoms with E-state index in [4.69, 9.17) is 0 Å². The molecule has 3 rings (SSSR count). The molecular formula is C13H16N4O2. The smallest absolute Gasteiger partial charge is 0.241 e. The molecule has 1 aromatic heterocycles. The van der Waals surface area contributed by atoms with Crippen molar-refractivity contribution < 1.29 is 9.90 Å². The van der Waals surface area contributed by atoms with Crippen LogP contribution in [0.4, 0.5) is 0 Å². The van der Waals surface area contributed by atoms with Gasteiger partial charge in [0.05, 0.1) is 12.1 Å². The molecule has 0 spiro atoms. The molecule has 100 valence electrons. The average Bonchev–Trinajstić information content (AvgIpc) is 3.13. The maximum absolute atomic E-state index is 11.9. The van der Waals surface area contributed by atoms with Crippen LogP contribution in [0.25, 0.3) is 11.0 Å². The van der Waals surface area contributed by atoms with Crippen LogP contribution in [0.5, 0.6) is 0 Å². The first-order valence-corrected chi connectivity index (χ1v) is 6.38. The lowest BCUT2D eigenvalue weighted by molar-refractivity contribution is -0.122. The Morgan fingerprint density at radius 1 is 1.42 bits per heavy atom. The number of amides is 1. The van der Waals surface area contributed by atoms with Crippen LogP contribution in [0.15, 0.2) is 24.3 Å². The second-order valence-corrected chi connectivity index (χ2v) is 5.17. The molecule has 1 fully saturated rings. The summed E-state index contributed by atoms with van der Waals surface area (Å²) in [7, 11) is 0. The van der Waals surface area contributed by atoms with E-state index >= 15 is 0 Å². The van der Waals surface area contributed by atoms with Crippen molar-refractivity contribution >= 4 is 16.9 Å². The highest BCUT2D eigenvalue weighted by molar-refractivity contribution is 5.79. The highest BCUT2D eigenvalue weighted by atomic mass is 16.3. The molecule has 2 aromatic rings. The molecule has 0 aliphatic heterocycles. The molecule has 1 heterocycles. The largest absolute Gasteiger partial charge is 0.396 e. The van der Waals surface area contributed by atoms with Gasteiger partial charge in [0.25, 0.3) is 0 Å². The lowest BCUT2D eigenvalue weighted by Gasteiger charge is -2.12. The summed E-state index contributed by atoms with van der Waals surface area (Å²) in [4.78, 5) is 11.9. The van der Waals surface area contributed by atoms with Crippen LogP contribution in [0.3, 0.4) is 0 Å². The Morgan fingerprint density at radius 3 is 2.95 bits per heavy atom. The summed E-state index contributed by atoms with van der Waals surface area (Å²) in [6.07, 6.45) is 1.96. The van der Waals surface area contributed by atoms with Gasteiger partial charge in [-0.25, -0.2) is 4.68 Å². The molecule has 0 atom stereocenters. The van der Waals surface area contributed by atoms with Crippen molar-refractivity contribution in [2.24, 2.45) is 5.41 Å². The highest BCUT2D eigenvalue weighted by Crippen LogP contribution is 2.44. The quantitative estimate of drug-likeness (QED) is 0.811. The number of para-hydroxylation sites is 1. The van der Waals surface area contributed by atoms with E-state index in [1.807, 2.05) is 24.3 Å². The van der Waals surface area contributed by atoms with Crippen molar-refractivity contribution in [2.45, 2.75) is 19.4 Å². The van der Waals surface area contributed by atoms with Gasteiger partial charge < -0.3 is 10.4 Å². The lowest BCUT2D eigenvalue weighted by Crippen LogP contribution is -2.34. The SMILES string of the molecule is O=C(Cn1nnc2ccccc21)NCC1(CO)CC1. The summed E-state index contributed by atoms with van der Waals surface area (Å²) in [5.74, 6) is -0.102. The molecule has 1 aliphatic carbocycles. The Balaban J connectivity index is 1.63. The molecule has 0 unspecified atom stereocenters. The molecule has 1 saturated carbocycles. The van der Waals surface area contributed by atoms with Gasteiger partial charge in [-0.1, -0.05) is 17.3 Å². The van der Waals surface area contributed by atoms with Crippen LogP contribution < -0.4 is 5.32 Å². The molecule has 0 bridgehead atoms. The topological polar surface area (TPSA) is 80.0 Å². The number of hydrogen-bond acceptors (Lipinski definition) is 4. The van der Waals surface area contributed by atoms with E-state index in [-0.39, 0.29) is 24.5 Å². The lowest BCUT2D eigenvalue weighted by atomic mass is 10.1. The highest BCUT2D eigenvalue weighted by Gasteiger charge is 2.42. The Hall–Kier alpha value is -1.95. The molecule has 0 radical (unpaired) electrons. The predicted molar refractivity (Wildman–Crippen MR) is 69.3 cm³/mol. The molecule has 1 aromatic carbocycles. The van der Waals surface area contributed by atoms with Crippen LogP contribution in [0.1, 0.15) is 12.8 Å². The van der Waals surface area contributed by atoms with Crippen molar-refractivity contribution in [3.05, 3.63) is 24.3 Å². The first-order chi connectivity index (χ1) is 9.22. The van der Waals surface area contributed by atoms with Crippen molar-refractivity contribution in [3.8, 4) is 0 Å². The Morgan fingerprint density at radius 2 is 2.21 bits per heavy atom. The Labute approximate surface area is 110 Å². The van der Waals surface area contributed by atoms with E-state index < -0.39 is 0 Å². The molecule has 1 aliphatic rings. The Bertz CT molecular complexity index is 603. The molecule has 0 saturated heterocycles. The number of hydrogen-bond donors (Lipinski definition) is 2. The Kier molecular flexibility index (Phi) is 2.94. The van der Waals surface area contributed by atoms with E-state index in [1.165, 1.54) is 0 Å². The number of nitrogens with zero attached hydrogens (tertiary/aromatic N) is 3. The number of nitrogens with one attached hydrogen (secondary N) is 1. The van der Waals surface area contributed by atoms with Gasteiger partial charge >= 0.3 is 0 Å². The molecule has 2 N–H and O–H groups in total. The summed E-state index contributed by atoms with van der Waals surface area (Å²) >= 11 is 0. The minimum absolute atomic E-state index is 0.0694. The monoisotopic (exact) mass is 260 g/mol. The third-order valence-corrected chi connectivity index (χ3v) is 3.67. The normalized spacial score (nSPS) is 16.5. The standard InChI is InChI=1S/C13H16N4O2/c18-9-13(5-6-13)8-14-12(19)7-17-11-4-2-1-3-10(11)15-16-17/h1-4,18H,5-9H2,(H,14,19). The number of carbonyl (C=O) groups is 1. The van der Waals surface area contributed by atoms with Gasteiger partial charge in [-0.2, -0.15) is 0 Å². The van der Waals surface area contributed by atoms with Crippen molar-refractivity contribution in [2.75, 3.05) is 13.2 Å².